The van der Waals surface area contributed by atoms with Gasteiger partial charge in [-0.1, -0.05) is 12.1 Å². The molecular weight excluding hydrogens is 386 g/mol. The third-order valence-electron chi connectivity index (χ3n) is 4.72. The molecule has 1 saturated heterocycles. The van der Waals surface area contributed by atoms with Crippen LogP contribution in [0.4, 0.5) is 8.78 Å². The van der Waals surface area contributed by atoms with Gasteiger partial charge in [0.1, 0.15) is 17.0 Å². The zero-order chi connectivity index (χ0) is 19.8. The lowest BCUT2D eigenvalue weighted by atomic mass is 10.1. The van der Waals surface area contributed by atoms with E-state index in [-0.39, 0.29) is 29.1 Å². The Balaban J connectivity index is 1.67. The number of amides is 1. The highest BCUT2D eigenvalue weighted by molar-refractivity contribution is 8.00. The van der Waals surface area contributed by atoms with Crippen LogP contribution in [0.15, 0.2) is 42.6 Å². The summed E-state index contributed by atoms with van der Waals surface area (Å²) in [6, 6.07) is 8.51. The van der Waals surface area contributed by atoms with Gasteiger partial charge in [0, 0.05) is 34.3 Å². The molecular formula is C20H16F2N2O3S. The first-order chi connectivity index (χ1) is 13.5. The third-order valence-corrected chi connectivity index (χ3v) is 5.96. The number of halogens is 2. The van der Waals surface area contributed by atoms with Crippen LogP contribution in [-0.4, -0.2) is 34.6 Å². The van der Waals surface area contributed by atoms with Crippen molar-refractivity contribution in [2.24, 2.45) is 0 Å². The number of carbonyl (C=O) groups excluding carboxylic acids is 2. The van der Waals surface area contributed by atoms with Crippen molar-refractivity contribution in [3.63, 3.8) is 0 Å². The van der Waals surface area contributed by atoms with E-state index in [1.165, 1.54) is 31.0 Å². The molecule has 1 aliphatic rings. The monoisotopic (exact) mass is 402 g/mol. The largest absolute Gasteiger partial charge is 0.465 e. The van der Waals surface area contributed by atoms with Crippen molar-refractivity contribution in [3.8, 4) is 0 Å². The van der Waals surface area contributed by atoms with Gasteiger partial charge in [0.15, 0.2) is 0 Å². The van der Waals surface area contributed by atoms with Gasteiger partial charge in [0.2, 0.25) is 5.91 Å². The molecule has 144 valence electrons. The molecule has 3 aromatic rings. The summed E-state index contributed by atoms with van der Waals surface area (Å²) >= 11 is 1.44. The molecule has 1 amide bonds. The summed E-state index contributed by atoms with van der Waals surface area (Å²) in [7, 11) is 1.32. The molecule has 0 spiro atoms. The molecule has 0 bridgehead atoms. The molecule has 8 heteroatoms. The summed E-state index contributed by atoms with van der Waals surface area (Å²) in [5.74, 6) is -1.60. The van der Waals surface area contributed by atoms with Crippen LogP contribution in [0.3, 0.4) is 0 Å². The standard InChI is InChI=1S/C20H16F2N2O3S/c1-27-20(26)11-3-5-14-15(8-23-17(14)6-11)19-24(18(25)10-28-19)9-12-2-4-13(21)7-16(12)22/h2-8,19,23H,9-10H2,1H3. The smallest absolute Gasteiger partial charge is 0.337 e. The Labute approximate surface area is 163 Å². The number of aromatic amines is 1. The Morgan fingerprint density at radius 3 is 2.86 bits per heavy atom. The molecule has 1 aliphatic heterocycles. The van der Waals surface area contributed by atoms with E-state index in [1.54, 1.807) is 29.3 Å². The van der Waals surface area contributed by atoms with Gasteiger partial charge in [-0.15, -0.1) is 11.8 Å². The highest BCUT2D eigenvalue weighted by Crippen LogP contribution is 2.42. The number of benzene rings is 2. The number of aromatic nitrogens is 1. The van der Waals surface area contributed by atoms with Gasteiger partial charge < -0.3 is 14.6 Å². The molecule has 1 atom stereocenters. The Morgan fingerprint density at radius 2 is 2.11 bits per heavy atom. The van der Waals surface area contributed by atoms with Crippen molar-refractivity contribution >= 4 is 34.5 Å². The molecule has 1 N–H and O–H groups in total. The van der Waals surface area contributed by atoms with Gasteiger partial charge in [-0.05, 0) is 18.2 Å². The summed E-state index contributed by atoms with van der Waals surface area (Å²) in [5.41, 5.74) is 2.29. The number of hydrogen-bond donors (Lipinski definition) is 1. The predicted molar refractivity (Wildman–Crippen MR) is 102 cm³/mol. The number of H-pyrrole nitrogens is 1. The molecule has 2 aromatic carbocycles. The van der Waals surface area contributed by atoms with Crippen LogP contribution in [0.25, 0.3) is 10.9 Å². The summed E-state index contributed by atoms with van der Waals surface area (Å²) in [4.78, 5) is 28.8. The highest BCUT2D eigenvalue weighted by Gasteiger charge is 2.34. The molecule has 4 rings (SSSR count). The number of thioether (sulfide) groups is 1. The van der Waals surface area contributed by atoms with Crippen LogP contribution in [0.5, 0.6) is 0 Å². The number of nitrogens with zero attached hydrogens (tertiary/aromatic N) is 1. The molecule has 1 fully saturated rings. The SMILES string of the molecule is COC(=O)c1ccc2c(C3SCC(=O)N3Cc3ccc(F)cc3F)c[nH]c2c1. The lowest BCUT2D eigenvalue weighted by Crippen LogP contribution is -2.28. The van der Waals surface area contributed by atoms with Gasteiger partial charge in [-0.2, -0.15) is 0 Å². The number of methoxy groups -OCH3 is 1. The minimum Gasteiger partial charge on any atom is -0.465 e. The van der Waals surface area contributed by atoms with Crippen molar-refractivity contribution in [2.45, 2.75) is 11.9 Å². The van der Waals surface area contributed by atoms with Gasteiger partial charge in [-0.3, -0.25) is 4.79 Å². The number of hydrogen-bond acceptors (Lipinski definition) is 4. The molecule has 2 heterocycles. The van der Waals surface area contributed by atoms with Crippen LogP contribution < -0.4 is 0 Å². The summed E-state index contributed by atoms with van der Waals surface area (Å²) in [6.07, 6.45) is 1.79. The van der Waals surface area contributed by atoms with Gasteiger partial charge >= 0.3 is 5.97 Å². The number of esters is 1. The average Bonchev–Trinajstić information content (AvgIpc) is 3.26. The number of carbonyl (C=O) groups is 2. The molecule has 0 saturated carbocycles. The Bertz CT molecular complexity index is 1080. The zero-order valence-electron chi connectivity index (χ0n) is 14.9. The quantitative estimate of drug-likeness (QED) is 0.670. The van der Waals surface area contributed by atoms with Crippen LogP contribution in [-0.2, 0) is 16.1 Å². The second-order valence-electron chi connectivity index (χ2n) is 6.42. The topological polar surface area (TPSA) is 62.4 Å². The van der Waals surface area contributed by atoms with Crippen LogP contribution in [0.2, 0.25) is 0 Å². The fourth-order valence-corrected chi connectivity index (χ4v) is 4.53. The van der Waals surface area contributed by atoms with Crippen LogP contribution in [0, 0.1) is 11.6 Å². The van der Waals surface area contributed by atoms with E-state index in [0.717, 1.165) is 22.5 Å². The number of ether oxygens (including phenoxy) is 1. The van der Waals surface area contributed by atoms with Crippen molar-refractivity contribution in [2.75, 3.05) is 12.9 Å². The maximum absolute atomic E-state index is 14.1. The minimum absolute atomic E-state index is 0.0511. The van der Waals surface area contributed by atoms with Crippen LogP contribution >= 0.6 is 11.8 Å². The summed E-state index contributed by atoms with van der Waals surface area (Å²) in [6.45, 7) is 0.0511. The van der Waals surface area contributed by atoms with Crippen molar-refractivity contribution in [1.82, 2.24) is 9.88 Å². The number of nitrogens with one attached hydrogen (secondary N) is 1. The van der Waals surface area contributed by atoms with E-state index in [0.29, 0.717) is 5.56 Å². The highest BCUT2D eigenvalue weighted by atomic mass is 32.2. The average molecular weight is 402 g/mol. The summed E-state index contributed by atoms with van der Waals surface area (Å²) in [5, 5.41) is 0.555. The molecule has 0 radical (unpaired) electrons. The van der Waals surface area contributed by atoms with E-state index in [9.17, 15) is 18.4 Å². The van der Waals surface area contributed by atoms with Crippen molar-refractivity contribution < 1.29 is 23.1 Å². The minimum atomic E-state index is -0.676. The fraction of sp³-hybridized carbons (Fsp3) is 0.200. The molecule has 1 aromatic heterocycles. The van der Waals surface area contributed by atoms with Crippen LogP contribution in [0.1, 0.15) is 26.9 Å². The van der Waals surface area contributed by atoms with Gasteiger partial charge in [0.25, 0.3) is 0 Å². The first-order valence-electron chi connectivity index (χ1n) is 8.52. The first kappa shape index (κ1) is 18.5. The van der Waals surface area contributed by atoms with E-state index in [2.05, 4.69) is 4.98 Å². The number of rotatable bonds is 4. The second-order valence-corrected chi connectivity index (χ2v) is 7.49. The van der Waals surface area contributed by atoms with E-state index >= 15 is 0 Å². The summed E-state index contributed by atoms with van der Waals surface area (Å²) < 4.78 is 32.0. The first-order valence-corrected chi connectivity index (χ1v) is 9.57. The third kappa shape index (κ3) is 3.24. The van der Waals surface area contributed by atoms with Crippen molar-refractivity contribution in [3.05, 3.63) is 70.9 Å². The van der Waals surface area contributed by atoms with E-state index in [4.69, 9.17) is 4.74 Å². The number of fused-ring (bicyclic) bond motifs is 1. The maximum atomic E-state index is 14.1. The zero-order valence-corrected chi connectivity index (χ0v) is 15.7. The van der Waals surface area contributed by atoms with Gasteiger partial charge in [-0.25, -0.2) is 13.6 Å². The Kier molecular flexibility index (Phi) is 4.80. The second kappa shape index (κ2) is 7.27. The lowest BCUT2D eigenvalue weighted by molar-refractivity contribution is -0.128. The Hall–Kier alpha value is -2.87. The van der Waals surface area contributed by atoms with Crippen molar-refractivity contribution in [1.29, 1.82) is 0 Å². The molecule has 5 nitrogen and oxygen atoms in total. The lowest BCUT2D eigenvalue weighted by Gasteiger charge is -2.24. The predicted octanol–water partition coefficient (Wildman–Crippen LogP) is 4.01. The normalized spacial score (nSPS) is 16.8. The molecule has 0 aliphatic carbocycles. The van der Waals surface area contributed by atoms with E-state index in [1.807, 2.05) is 0 Å². The maximum Gasteiger partial charge on any atom is 0.337 e. The fourth-order valence-electron chi connectivity index (χ4n) is 3.31. The molecule has 1 unspecified atom stereocenters. The molecule has 28 heavy (non-hydrogen) atoms. The van der Waals surface area contributed by atoms with E-state index < -0.39 is 17.6 Å². The van der Waals surface area contributed by atoms with Gasteiger partial charge in [0.05, 0.1) is 25.0 Å². The Morgan fingerprint density at radius 1 is 1.29 bits per heavy atom.